The minimum Gasteiger partial charge on any atom is -0.495 e. The summed E-state index contributed by atoms with van der Waals surface area (Å²) in [5.41, 5.74) is 1.00. The Kier molecular flexibility index (Phi) is 4.75. The molecule has 1 saturated carbocycles. The zero-order valence-corrected chi connectivity index (χ0v) is 16.0. The average Bonchev–Trinajstić information content (AvgIpc) is 3.33. The molecule has 142 valence electrons. The molecular formula is C17H17ClN4O4S. The fourth-order valence-corrected chi connectivity index (χ4v) is 4.14. The number of carbonyl (C=O) groups excluding carboxylic acids is 3. The van der Waals surface area contributed by atoms with Gasteiger partial charge >= 0.3 is 6.03 Å². The van der Waals surface area contributed by atoms with Gasteiger partial charge in [0, 0.05) is 17.1 Å². The van der Waals surface area contributed by atoms with Crippen LogP contribution in [0.3, 0.4) is 0 Å². The zero-order valence-electron chi connectivity index (χ0n) is 14.4. The number of nitrogens with zero attached hydrogens (tertiary/aromatic N) is 2. The summed E-state index contributed by atoms with van der Waals surface area (Å²) >= 11 is 7.32. The Hall–Kier alpha value is -2.23. The second-order valence-corrected chi connectivity index (χ2v) is 7.53. The minimum atomic E-state index is -0.600. The van der Waals surface area contributed by atoms with Crippen LogP contribution in [0.15, 0.2) is 29.3 Å². The summed E-state index contributed by atoms with van der Waals surface area (Å²) in [5.74, 6) is -0.134. The lowest BCUT2D eigenvalue weighted by Gasteiger charge is -2.38. The molecule has 27 heavy (non-hydrogen) atoms. The second kappa shape index (κ2) is 7.06. The summed E-state index contributed by atoms with van der Waals surface area (Å²) in [7, 11) is 1.51. The fraction of sp³-hybridized carbons (Fsp3) is 0.353. The van der Waals surface area contributed by atoms with Gasteiger partial charge in [0.05, 0.1) is 17.8 Å². The van der Waals surface area contributed by atoms with Crippen LogP contribution < -0.4 is 14.8 Å². The molecule has 8 nitrogen and oxygen atoms in total. The van der Waals surface area contributed by atoms with Crippen LogP contribution in [0.2, 0.25) is 5.02 Å². The predicted molar refractivity (Wildman–Crippen MR) is 101 cm³/mol. The maximum absolute atomic E-state index is 12.8. The number of ether oxygens (including phenoxy) is 1. The van der Waals surface area contributed by atoms with Crippen molar-refractivity contribution < 1.29 is 19.1 Å². The number of urea groups is 1. The van der Waals surface area contributed by atoms with Gasteiger partial charge in [0.2, 0.25) is 5.91 Å². The van der Waals surface area contributed by atoms with Crippen molar-refractivity contribution in [1.82, 2.24) is 14.5 Å². The van der Waals surface area contributed by atoms with E-state index >= 15 is 0 Å². The Balaban J connectivity index is 1.50. The lowest BCUT2D eigenvalue weighted by Crippen LogP contribution is -2.60. The van der Waals surface area contributed by atoms with Gasteiger partial charge in [0.25, 0.3) is 5.91 Å². The fourth-order valence-electron chi connectivity index (χ4n) is 3.08. The summed E-state index contributed by atoms with van der Waals surface area (Å²) < 4.78 is 8.08. The van der Waals surface area contributed by atoms with Crippen LogP contribution >= 0.6 is 23.5 Å². The van der Waals surface area contributed by atoms with E-state index in [2.05, 4.69) is 10.0 Å². The van der Waals surface area contributed by atoms with Gasteiger partial charge in [-0.1, -0.05) is 23.5 Å². The van der Waals surface area contributed by atoms with Crippen molar-refractivity contribution >= 4 is 47.1 Å². The standard InChI is InChI=1S/C17H17ClN4O4S/c1-26-13-5-2-9(6-11(13)18)19-14(23)7-21-12-8-27-20-15(12)16(24)22(17(21)25)10-3-4-10/h2,5-6,8,10,15,20H,3-4,7H2,1H3,(H,19,23). The molecule has 2 N–H and O–H groups in total. The van der Waals surface area contributed by atoms with Gasteiger partial charge in [0.1, 0.15) is 18.3 Å². The highest BCUT2D eigenvalue weighted by Crippen LogP contribution is 2.36. The summed E-state index contributed by atoms with van der Waals surface area (Å²) in [5, 5.41) is 4.79. The maximum Gasteiger partial charge on any atom is 0.331 e. The molecule has 1 saturated heterocycles. The molecule has 1 aromatic rings. The minimum absolute atomic E-state index is 0.0649. The third-order valence-corrected chi connectivity index (χ3v) is 5.57. The first-order valence-electron chi connectivity index (χ1n) is 8.39. The predicted octanol–water partition coefficient (Wildman–Crippen LogP) is 2.18. The van der Waals surface area contributed by atoms with Crippen LogP contribution in [-0.4, -0.2) is 53.4 Å². The maximum atomic E-state index is 12.8. The van der Waals surface area contributed by atoms with Crippen molar-refractivity contribution in [1.29, 1.82) is 0 Å². The highest BCUT2D eigenvalue weighted by molar-refractivity contribution is 8.00. The first kappa shape index (κ1) is 18.1. The monoisotopic (exact) mass is 408 g/mol. The zero-order chi connectivity index (χ0) is 19.1. The summed E-state index contributed by atoms with van der Waals surface area (Å²) in [6.07, 6.45) is 1.61. The van der Waals surface area contributed by atoms with E-state index < -0.39 is 12.1 Å². The van der Waals surface area contributed by atoms with Gasteiger partial charge < -0.3 is 10.1 Å². The number of methoxy groups -OCH3 is 1. The van der Waals surface area contributed by atoms with E-state index in [0.717, 1.165) is 12.8 Å². The highest BCUT2D eigenvalue weighted by atomic mass is 35.5. The SMILES string of the molecule is COc1ccc(NC(=O)CN2C(=O)N(C3CC3)C(=O)C3NSC=C32)cc1Cl. The van der Waals surface area contributed by atoms with Gasteiger partial charge in [-0.3, -0.25) is 19.4 Å². The average molecular weight is 409 g/mol. The Morgan fingerprint density at radius 1 is 1.41 bits per heavy atom. The molecule has 1 aromatic carbocycles. The van der Waals surface area contributed by atoms with E-state index in [4.69, 9.17) is 16.3 Å². The lowest BCUT2D eigenvalue weighted by atomic mass is 10.1. The van der Waals surface area contributed by atoms with Gasteiger partial charge in [-0.25, -0.2) is 9.52 Å². The molecule has 1 aliphatic carbocycles. The van der Waals surface area contributed by atoms with Crippen LogP contribution in [0.1, 0.15) is 12.8 Å². The van der Waals surface area contributed by atoms with Gasteiger partial charge in [-0.15, -0.1) is 0 Å². The molecule has 0 spiro atoms. The van der Waals surface area contributed by atoms with Gasteiger partial charge in [0.15, 0.2) is 0 Å². The molecule has 4 amide bonds. The molecule has 0 radical (unpaired) electrons. The number of amides is 4. The molecule has 4 rings (SSSR count). The van der Waals surface area contributed by atoms with Gasteiger partial charge in [-0.2, -0.15) is 0 Å². The number of halogens is 1. The first-order chi connectivity index (χ1) is 13.0. The van der Waals surface area contributed by atoms with Crippen LogP contribution in [0.4, 0.5) is 10.5 Å². The number of anilines is 1. The third-order valence-electron chi connectivity index (χ3n) is 4.54. The third kappa shape index (κ3) is 3.38. The molecule has 1 atom stereocenters. The second-order valence-electron chi connectivity index (χ2n) is 6.42. The van der Waals surface area contributed by atoms with Crippen molar-refractivity contribution in [3.63, 3.8) is 0 Å². The molecule has 1 unspecified atom stereocenters. The molecule has 2 fully saturated rings. The van der Waals surface area contributed by atoms with E-state index in [9.17, 15) is 14.4 Å². The number of nitrogens with one attached hydrogen (secondary N) is 2. The quantitative estimate of drug-likeness (QED) is 0.726. The van der Waals surface area contributed by atoms with Crippen molar-refractivity contribution in [2.45, 2.75) is 24.9 Å². The molecule has 10 heteroatoms. The van der Waals surface area contributed by atoms with Crippen molar-refractivity contribution in [3.05, 3.63) is 34.3 Å². The van der Waals surface area contributed by atoms with Gasteiger partial charge in [-0.05, 0) is 31.0 Å². The Morgan fingerprint density at radius 2 is 2.19 bits per heavy atom. The molecule has 0 bridgehead atoms. The highest BCUT2D eigenvalue weighted by Gasteiger charge is 2.50. The Morgan fingerprint density at radius 3 is 2.85 bits per heavy atom. The van der Waals surface area contributed by atoms with Crippen molar-refractivity contribution in [2.75, 3.05) is 19.0 Å². The molecule has 2 heterocycles. The van der Waals surface area contributed by atoms with E-state index in [0.29, 0.717) is 22.2 Å². The number of imide groups is 1. The van der Waals surface area contributed by atoms with E-state index in [1.54, 1.807) is 23.6 Å². The number of rotatable bonds is 5. The Labute approximate surface area is 165 Å². The Bertz CT molecular complexity index is 857. The molecule has 0 aromatic heterocycles. The number of hydrogen-bond acceptors (Lipinski definition) is 6. The summed E-state index contributed by atoms with van der Waals surface area (Å²) in [6.45, 7) is -0.191. The van der Waals surface area contributed by atoms with Crippen LogP contribution in [0.25, 0.3) is 0 Å². The van der Waals surface area contributed by atoms with Crippen LogP contribution in [0, 0.1) is 0 Å². The summed E-state index contributed by atoms with van der Waals surface area (Å²) in [6, 6.07) is 3.77. The van der Waals surface area contributed by atoms with Crippen molar-refractivity contribution in [2.24, 2.45) is 0 Å². The number of fused-ring (bicyclic) bond motifs is 1. The van der Waals surface area contributed by atoms with E-state index in [1.807, 2.05) is 0 Å². The largest absolute Gasteiger partial charge is 0.495 e. The molecular weight excluding hydrogens is 392 g/mol. The van der Waals surface area contributed by atoms with Crippen molar-refractivity contribution in [3.8, 4) is 5.75 Å². The van der Waals surface area contributed by atoms with Crippen LogP contribution in [-0.2, 0) is 9.59 Å². The molecule has 2 aliphatic heterocycles. The molecule has 3 aliphatic rings. The topological polar surface area (TPSA) is 91.0 Å². The van der Waals surface area contributed by atoms with Crippen LogP contribution in [0.5, 0.6) is 5.75 Å². The smallest absolute Gasteiger partial charge is 0.331 e. The van der Waals surface area contributed by atoms with E-state index in [-0.39, 0.29) is 24.4 Å². The number of hydrogen-bond donors (Lipinski definition) is 2. The number of carbonyl (C=O) groups is 3. The summed E-state index contributed by atoms with van der Waals surface area (Å²) in [4.78, 5) is 40.5. The normalized spacial score (nSPS) is 21.9. The first-order valence-corrected chi connectivity index (χ1v) is 9.64. The lowest BCUT2D eigenvalue weighted by molar-refractivity contribution is -0.132. The number of benzene rings is 1. The van der Waals surface area contributed by atoms with E-state index in [1.165, 1.54) is 28.9 Å².